The van der Waals surface area contributed by atoms with Crippen LogP contribution >= 0.6 is 0 Å². The fourth-order valence-corrected chi connectivity index (χ4v) is 5.68. The molecule has 5 atom stereocenters. The summed E-state index contributed by atoms with van der Waals surface area (Å²) in [5.74, 6) is 1.19. The molecular weight excluding hydrogens is 346 g/mol. The number of nitrogens with zero attached hydrogens (tertiary/aromatic N) is 1. The number of ether oxygens (including phenoxy) is 3. The van der Waals surface area contributed by atoms with E-state index in [9.17, 15) is 9.90 Å². The fourth-order valence-electron chi connectivity index (χ4n) is 5.68. The maximum Gasteiger partial charge on any atom is 0.344 e. The summed E-state index contributed by atoms with van der Waals surface area (Å²) < 4.78 is 17.1. The van der Waals surface area contributed by atoms with Crippen molar-refractivity contribution in [1.82, 2.24) is 4.90 Å². The van der Waals surface area contributed by atoms with Crippen molar-refractivity contribution in [3.05, 3.63) is 35.4 Å². The number of hydrogen-bond donors (Lipinski definition) is 1. The Morgan fingerprint density at radius 1 is 1.41 bits per heavy atom. The Labute approximate surface area is 158 Å². The van der Waals surface area contributed by atoms with E-state index in [1.54, 1.807) is 6.92 Å². The molecule has 1 aromatic carbocycles. The lowest BCUT2D eigenvalue weighted by atomic mass is 9.53. The van der Waals surface area contributed by atoms with Crippen molar-refractivity contribution in [3.8, 4) is 11.5 Å². The summed E-state index contributed by atoms with van der Waals surface area (Å²) in [5, 5.41) is 10.7. The van der Waals surface area contributed by atoms with Crippen LogP contribution in [0.4, 0.5) is 0 Å². The maximum absolute atomic E-state index is 11.7. The van der Waals surface area contributed by atoms with E-state index in [-0.39, 0.29) is 18.1 Å². The number of rotatable bonds is 4. The molecule has 2 aliphatic heterocycles. The zero-order valence-electron chi connectivity index (χ0n) is 15.7. The minimum atomic E-state index is -0.637. The van der Waals surface area contributed by atoms with Crippen LogP contribution in [-0.2, 0) is 21.4 Å². The summed E-state index contributed by atoms with van der Waals surface area (Å²) in [6, 6.07) is 4.40. The molecule has 1 saturated heterocycles. The molecule has 1 N–H and O–H groups in total. The second-order valence-corrected chi connectivity index (χ2v) is 8.00. The number of benzene rings is 1. The number of piperidine rings is 1. The molecule has 27 heavy (non-hydrogen) atoms. The predicted molar refractivity (Wildman–Crippen MR) is 98.0 cm³/mol. The molecule has 2 aliphatic carbocycles. The first-order valence-electron chi connectivity index (χ1n) is 9.74. The maximum atomic E-state index is 11.7. The van der Waals surface area contributed by atoms with Gasteiger partial charge in [0.1, 0.15) is 12.2 Å². The molecule has 0 radical (unpaired) electrons. The summed E-state index contributed by atoms with van der Waals surface area (Å²) >= 11 is 0. The van der Waals surface area contributed by atoms with Gasteiger partial charge in [-0.3, -0.25) is 0 Å². The van der Waals surface area contributed by atoms with Gasteiger partial charge in [-0.25, -0.2) is 4.79 Å². The van der Waals surface area contributed by atoms with Gasteiger partial charge in [-0.2, -0.15) is 0 Å². The van der Waals surface area contributed by atoms with Gasteiger partial charge in [0.15, 0.2) is 18.1 Å². The minimum Gasteiger partial charge on any atom is -0.482 e. The molecule has 0 unspecified atom stereocenters. The molecule has 1 aromatic rings. The first-order valence-corrected chi connectivity index (χ1v) is 9.74. The topological polar surface area (TPSA) is 68.2 Å². The smallest absolute Gasteiger partial charge is 0.344 e. The third kappa shape index (κ3) is 2.23. The highest BCUT2D eigenvalue weighted by atomic mass is 16.6. The normalized spacial score (nSPS) is 35.4. The molecule has 0 saturated carbocycles. The van der Waals surface area contributed by atoms with Crippen LogP contribution in [0, 0.1) is 5.92 Å². The average Bonchev–Trinajstić information content (AvgIpc) is 3.01. The molecule has 4 aliphatic rings. The molecule has 0 amide bonds. The average molecular weight is 371 g/mol. The van der Waals surface area contributed by atoms with E-state index in [2.05, 4.69) is 24.1 Å². The molecule has 144 valence electrons. The van der Waals surface area contributed by atoms with Crippen LogP contribution in [0.25, 0.3) is 0 Å². The Morgan fingerprint density at radius 3 is 3.07 bits per heavy atom. The van der Waals surface area contributed by atoms with Crippen molar-refractivity contribution >= 4 is 5.97 Å². The number of carbonyl (C=O) groups is 1. The lowest BCUT2D eigenvalue weighted by molar-refractivity contribution is -0.145. The van der Waals surface area contributed by atoms with Gasteiger partial charge in [0, 0.05) is 22.9 Å². The summed E-state index contributed by atoms with van der Waals surface area (Å²) in [5.41, 5.74) is 2.25. The predicted octanol–water partition coefficient (Wildman–Crippen LogP) is 1.43. The van der Waals surface area contributed by atoms with Crippen molar-refractivity contribution in [1.29, 1.82) is 0 Å². The van der Waals surface area contributed by atoms with Gasteiger partial charge in [0.2, 0.25) is 0 Å². The van der Waals surface area contributed by atoms with E-state index in [0.717, 1.165) is 19.4 Å². The zero-order chi connectivity index (χ0) is 18.8. The first-order chi connectivity index (χ1) is 13.1. The standard InChI is InChI=1S/C21H25NO5/c1-3-25-17(24)11-26-16-7-4-12-10-14-13-5-6-15(23)20-21(13,8-9-22(14)2)18(12)19(16)27-20/h4-7,13-15,20,23H,3,8-11H2,1-2H3/t13-,14+,15-,20-,21-/m0/s1. The Balaban J connectivity index is 1.59. The van der Waals surface area contributed by atoms with Gasteiger partial charge in [-0.05, 0) is 45.0 Å². The van der Waals surface area contributed by atoms with Gasteiger partial charge in [0.05, 0.1) is 6.61 Å². The zero-order valence-corrected chi connectivity index (χ0v) is 15.7. The van der Waals surface area contributed by atoms with Crippen molar-refractivity contribution in [2.75, 3.05) is 26.8 Å². The number of likely N-dealkylation sites (tertiary alicyclic amines) is 1. The Morgan fingerprint density at radius 2 is 2.26 bits per heavy atom. The van der Waals surface area contributed by atoms with Gasteiger partial charge in [0.25, 0.3) is 0 Å². The Kier molecular flexibility index (Phi) is 3.78. The lowest BCUT2D eigenvalue weighted by Gasteiger charge is -2.56. The summed E-state index contributed by atoms with van der Waals surface area (Å²) in [4.78, 5) is 14.1. The van der Waals surface area contributed by atoms with Gasteiger partial charge in [-0.15, -0.1) is 0 Å². The van der Waals surface area contributed by atoms with Crippen LogP contribution in [0.3, 0.4) is 0 Å². The second kappa shape index (κ2) is 5.97. The van der Waals surface area contributed by atoms with E-state index < -0.39 is 12.1 Å². The number of carbonyl (C=O) groups excluding carboxylic acids is 1. The lowest BCUT2D eigenvalue weighted by Crippen LogP contribution is -2.64. The number of aliphatic hydroxyl groups excluding tert-OH is 1. The molecule has 6 heteroatoms. The molecule has 0 aromatic heterocycles. The molecule has 2 bridgehead atoms. The van der Waals surface area contributed by atoms with Crippen LogP contribution in [0.5, 0.6) is 11.5 Å². The van der Waals surface area contributed by atoms with Crippen LogP contribution in [-0.4, -0.2) is 61.0 Å². The van der Waals surface area contributed by atoms with Crippen LogP contribution in [0.2, 0.25) is 0 Å². The number of aliphatic hydroxyl groups is 1. The molecule has 1 spiro atoms. The van der Waals surface area contributed by atoms with Crippen molar-refractivity contribution in [2.24, 2.45) is 5.92 Å². The highest BCUT2D eigenvalue weighted by Gasteiger charge is 2.64. The highest BCUT2D eigenvalue weighted by Crippen LogP contribution is 2.62. The van der Waals surface area contributed by atoms with Crippen molar-refractivity contribution < 1.29 is 24.1 Å². The molecule has 6 nitrogen and oxygen atoms in total. The largest absolute Gasteiger partial charge is 0.482 e. The molecular formula is C21H25NO5. The quantitative estimate of drug-likeness (QED) is 0.638. The monoisotopic (exact) mass is 371 g/mol. The van der Waals surface area contributed by atoms with E-state index in [1.807, 2.05) is 12.1 Å². The van der Waals surface area contributed by atoms with Crippen LogP contribution < -0.4 is 9.47 Å². The molecule has 1 fully saturated rings. The van der Waals surface area contributed by atoms with E-state index in [1.165, 1.54) is 11.1 Å². The Bertz CT molecular complexity index is 821. The molecule has 2 heterocycles. The second-order valence-electron chi connectivity index (χ2n) is 8.00. The SMILES string of the molecule is CCOC(=O)COc1ccc2c3c1O[C@H]1[C@@H](O)C=C[C@H]4[C@@H](C2)N(C)CC[C@@]341. The van der Waals surface area contributed by atoms with Crippen LogP contribution in [0.15, 0.2) is 24.3 Å². The van der Waals surface area contributed by atoms with E-state index >= 15 is 0 Å². The minimum absolute atomic E-state index is 0.143. The van der Waals surface area contributed by atoms with Crippen LogP contribution in [0.1, 0.15) is 24.5 Å². The number of hydrogen-bond acceptors (Lipinski definition) is 6. The third-order valence-corrected chi connectivity index (χ3v) is 6.79. The Hall–Kier alpha value is -2.05. The van der Waals surface area contributed by atoms with Gasteiger partial charge >= 0.3 is 5.97 Å². The summed E-state index contributed by atoms with van der Waals surface area (Å²) in [6.45, 7) is 2.94. The summed E-state index contributed by atoms with van der Waals surface area (Å²) in [7, 11) is 2.18. The van der Waals surface area contributed by atoms with Crippen molar-refractivity contribution in [2.45, 2.75) is 43.4 Å². The third-order valence-electron chi connectivity index (χ3n) is 6.79. The van der Waals surface area contributed by atoms with Gasteiger partial charge in [-0.1, -0.05) is 18.2 Å². The van der Waals surface area contributed by atoms with Gasteiger partial charge < -0.3 is 24.2 Å². The fraction of sp³-hybridized carbons (Fsp3) is 0.571. The summed E-state index contributed by atoms with van der Waals surface area (Å²) in [6.07, 6.45) is 5.04. The van der Waals surface area contributed by atoms with E-state index in [0.29, 0.717) is 30.1 Å². The van der Waals surface area contributed by atoms with E-state index in [4.69, 9.17) is 14.2 Å². The molecule has 5 rings (SSSR count). The number of esters is 1. The van der Waals surface area contributed by atoms with Crippen molar-refractivity contribution in [3.63, 3.8) is 0 Å². The first kappa shape index (κ1) is 17.1. The highest BCUT2D eigenvalue weighted by molar-refractivity contribution is 5.71. The number of likely N-dealkylation sites (N-methyl/N-ethyl adjacent to an activating group) is 1.